The van der Waals surface area contributed by atoms with Gasteiger partial charge in [0.2, 0.25) is 0 Å². The highest BCUT2D eigenvalue weighted by atomic mass is 15.3. The average Bonchev–Trinajstić information content (AvgIpc) is 3.28. The third-order valence-electron chi connectivity index (χ3n) is 11.7. The highest BCUT2D eigenvalue weighted by Gasteiger charge is 2.27. The molecule has 0 saturated heterocycles. The Morgan fingerprint density at radius 3 is 2.02 bits per heavy atom. The van der Waals surface area contributed by atoms with Gasteiger partial charge in [-0.3, -0.25) is 5.32 Å². The number of rotatable bonds is 6. The number of nitrogens with zero attached hydrogens (tertiary/aromatic N) is 1. The van der Waals surface area contributed by atoms with Crippen molar-refractivity contribution in [2.24, 2.45) is 4.99 Å². The van der Waals surface area contributed by atoms with E-state index >= 15 is 0 Å². The summed E-state index contributed by atoms with van der Waals surface area (Å²) in [6.07, 6.45) is 8.34. The second-order valence-electron chi connectivity index (χ2n) is 16.6. The molecule has 1 aliphatic carbocycles. The largest absolute Gasteiger partial charge is 0.374 e. The van der Waals surface area contributed by atoms with Gasteiger partial charge in [0.1, 0.15) is 18.2 Å². The molecule has 4 nitrogen and oxygen atoms in total. The number of hydrogen-bond acceptors (Lipinski definition) is 4. The van der Waals surface area contributed by atoms with Crippen molar-refractivity contribution in [2.45, 2.75) is 44.6 Å². The molecule has 0 saturated carbocycles. The van der Waals surface area contributed by atoms with Gasteiger partial charge in [-0.25, -0.2) is 4.99 Å². The molecule has 2 aliphatic heterocycles. The minimum atomic E-state index is -0.291. The van der Waals surface area contributed by atoms with Crippen LogP contribution >= 0.6 is 0 Å². The Balaban J connectivity index is 1.11. The monoisotopic (exact) mass is 750 g/mol. The van der Waals surface area contributed by atoms with E-state index in [1.54, 1.807) is 0 Å². The quantitative estimate of drug-likeness (QED) is 0.159. The van der Waals surface area contributed by atoms with Crippen LogP contribution < -0.4 is 26.4 Å². The van der Waals surface area contributed by atoms with Crippen LogP contribution in [0.2, 0.25) is 0 Å². The zero-order chi connectivity index (χ0) is 39.2. The minimum Gasteiger partial charge on any atom is -0.374 e. The van der Waals surface area contributed by atoms with E-state index in [0.29, 0.717) is 0 Å². The number of aliphatic imine (C=N–C) groups is 1. The number of benzene rings is 7. The van der Waals surface area contributed by atoms with Crippen molar-refractivity contribution in [1.29, 1.82) is 0 Å². The van der Waals surface area contributed by atoms with Gasteiger partial charge in [0, 0.05) is 16.3 Å². The topological polar surface area (TPSA) is 48.5 Å². The first-order valence-corrected chi connectivity index (χ1v) is 20.3. The average molecular weight is 751 g/mol. The highest BCUT2D eigenvalue weighted by Crippen LogP contribution is 2.36. The van der Waals surface area contributed by atoms with Gasteiger partial charge in [0.05, 0.1) is 11.7 Å². The standard InChI is InChI=1S/C54H46N4/c1-54(2,3)43-28-25-35(26-29-43)40-32-41(34-42(33-40)53-57-51(36-15-6-4-7-16-36)56-52(58-53)37-17-8-5-9-18-37)38-27-30-44-39(31-38)19-14-23-47(44)50-48-22-11-10-20-45(48)46-21-12-13-24-49(46)55-50/h4-34,49,51,53,55,57H,1-3H3,(H,56,58). The second-order valence-corrected chi connectivity index (χ2v) is 16.6. The maximum absolute atomic E-state index is 5.35. The fourth-order valence-corrected chi connectivity index (χ4v) is 8.61. The van der Waals surface area contributed by atoms with E-state index in [4.69, 9.17) is 4.99 Å². The predicted octanol–water partition coefficient (Wildman–Crippen LogP) is 10.2. The Labute approximate surface area is 340 Å². The predicted molar refractivity (Wildman–Crippen MR) is 242 cm³/mol. The van der Waals surface area contributed by atoms with Crippen molar-refractivity contribution in [3.8, 4) is 22.3 Å². The Kier molecular flexibility index (Phi) is 9.00. The molecule has 282 valence electrons. The van der Waals surface area contributed by atoms with Crippen molar-refractivity contribution in [3.63, 3.8) is 0 Å². The van der Waals surface area contributed by atoms with Gasteiger partial charge in [-0.1, -0.05) is 185 Å². The molecule has 0 fully saturated rings. The Bertz CT molecular complexity index is 2900. The first-order chi connectivity index (χ1) is 28.4. The second kappa shape index (κ2) is 14.6. The first-order valence-electron chi connectivity index (χ1n) is 20.3. The van der Waals surface area contributed by atoms with Crippen LogP contribution in [0.25, 0.3) is 44.3 Å². The summed E-state index contributed by atoms with van der Waals surface area (Å²) in [5, 5.41) is 16.4. The summed E-state index contributed by atoms with van der Waals surface area (Å²) in [6, 6.07) is 59.6. The maximum Gasteiger partial charge on any atom is 0.131 e. The Morgan fingerprint density at radius 2 is 1.24 bits per heavy atom. The van der Waals surface area contributed by atoms with Crippen LogP contribution in [0, 0.1) is 0 Å². The van der Waals surface area contributed by atoms with Crippen LogP contribution in [0.1, 0.15) is 60.9 Å². The van der Waals surface area contributed by atoms with Gasteiger partial charge >= 0.3 is 0 Å². The molecule has 0 bridgehead atoms. The molecule has 4 heteroatoms. The molecule has 3 aliphatic rings. The molecule has 0 radical (unpaired) electrons. The van der Waals surface area contributed by atoms with Crippen molar-refractivity contribution in [2.75, 3.05) is 0 Å². The van der Waals surface area contributed by atoms with Crippen LogP contribution in [-0.2, 0) is 5.41 Å². The fourth-order valence-electron chi connectivity index (χ4n) is 8.61. The van der Waals surface area contributed by atoms with Crippen molar-refractivity contribution < 1.29 is 0 Å². The number of fused-ring (bicyclic) bond motifs is 3. The number of allylic oxidation sites excluding steroid dienone is 2. The lowest BCUT2D eigenvalue weighted by Crippen LogP contribution is -2.45. The van der Waals surface area contributed by atoms with Crippen molar-refractivity contribution in [1.82, 2.24) is 16.0 Å². The normalized spacial score (nSPS) is 18.5. The highest BCUT2D eigenvalue weighted by molar-refractivity contribution is 6.00. The first kappa shape index (κ1) is 35.6. The van der Waals surface area contributed by atoms with E-state index in [9.17, 15) is 0 Å². The Hall–Kier alpha value is -6.75. The summed E-state index contributed by atoms with van der Waals surface area (Å²) in [4.78, 5) is 5.35. The van der Waals surface area contributed by atoms with Gasteiger partial charge in [0.15, 0.2) is 0 Å². The molecule has 3 atom stereocenters. The molecule has 3 N–H and O–H groups in total. The maximum atomic E-state index is 5.35. The van der Waals surface area contributed by atoms with E-state index < -0.39 is 0 Å². The van der Waals surface area contributed by atoms with Crippen LogP contribution in [0.3, 0.4) is 0 Å². The van der Waals surface area contributed by atoms with Crippen LogP contribution in [-0.4, -0.2) is 11.9 Å². The van der Waals surface area contributed by atoms with E-state index in [-0.39, 0.29) is 23.8 Å². The summed E-state index contributed by atoms with van der Waals surface area (Å²) in [5.41, 5.74) is 13.1. The zero-order valence-electron chi connectivity index (χ0n) is 33.1. The van der Waals surface area contributed by atoms with Gasteiger partial charge < -0.3 is 10.6 Å². The van der Waals surface area contributed by atoms with Crippen LogP contribution in [0.5, 0.6) is 0 Å². The van der Waals surface area contributed by atoms with Crippen LogP contribution in [0.15, 0.2) is 193 Å². The van der Waals surface area contributed by atoms with E-state index in [1.165, 1.54) is 49.2 Å². The summed E-state index contributed by atoms with van der Waals surface area (Å²) in [6.45, 7) is 6.80. The molecule has 58 heavy (non-hydrogen) atoms. The molecule has 0 aromatic heterocycles. The number of nitrogens with one attached hydrogen (secondary N) is 3. The third-order valence-corrected chi connectivity index (χ3v) is 11.7. The van der Waals surface area contributed by atoms with E-state index in [2.05, 4.69) is 219 Å². The SMILES string of the molecule is CC(C)(C)c1ccc(-c2cc(-c3ccc4c(C5=c6ccccc6=C6C=CC=CC6N5)cccc4c3)cc(C3N=C(c4ccccc4)NC(c4ccccc4)N3)c2)cc1. The molecular formula is C54H46N4. The molecule has 0 spiro atoms. The van der Waals surface area contributed by atoms with Crippen LogP contribution in [0.4, 0.5) is 0 Å². The lowest BCUT2D eigenvalue weighted by Gasteiger charge is -2.32. The number of amidine groups is 1. The molecular weight excluding hydrogens is 705 g/mol. The van der Waals surface area contributed by atoms with Crippen molar-refractivity contribution >= 4 is 27.9 Å². The molecule has 10 rings (SSSR count). The smallest absolute Gasteiger partial charge is 0.131 e. The summed E-state index contributed by atoms with van der Waals surface area (Å²) in [5.74, 6) is 0.873. The lowest BCUT2D eigenvalue weighted by atomic mass is 9.86. The fraction of sp³-hybridized carbons (Fsp3) is 0.130. The summed E-state index contributed by atoms with van der Waals surface area (Å²) < 4.78 is 0. The third kappa shape index (κ3) is 6.76. The molecule has 3 unspecified atom stereocenters. The number of hydrogen-bond donors (Lipinski definition) is 3. The van der Waals surface area contributed by atoms with Gasteiger partial charge in [-0.15, -0.1) is 0 Å². The Morgan fingerprint density at radius 1 is 0.534 bits per heavy atom. The minimum absolute atomic E-state index is 0.0711. The lowest BCUT2D eigenvalue weighted by molar-refractivity contribution is 0.409. The van der Waals surface area contributed by atoms with Crippen molar-refractivity contribution in [3.05, 3.63) is 226 Å². The molecule has 0 amide bonds. The van der Waals surface area contributed by atoms with E-state index in [1.807, 2.05) is 6.07 Å². The summed E-state index contributed by atoms with van der Waals surface area (Å²) in [7, 11) is 0. The van der Waals surface area contributed by atoms with E-state index in [0.717, 1.165) is 39.2 Å². The molecule has 2 heterocycles. The zero-order valence-corrected chi connectivity index (χ0v) is 33.1. The van der Waals surface area contributed by atoms with Gasteiger partial charge in [-0.2, -0.15) is 0 Å². The summed E-state index contributed by atoms with van der Waals surface area (Å²) >= 11 is 0. The molecule has 7 aromatic carbocycles. The van der Waals surface area contributed by atoms with Gasteiger partial charge in [0.25, 0.3) is 0 Å². The molecule has 7 aromatic rings. The van der Waals surface area contributed by atoms with Gasteiger partial charge in [-0.05, 0) is 90.2 Å².